The average Bonchev–Trinajstić information content (AvgIpc) is 2.90. The predicted molar refractivity (Wildman–Crippen MR) is 109 cm³/mol. The number of hydrogen-bond acceptors (Lipinski definition) is 5. The molecule has 0 unspecified atom stereocenters. The largest absolute Gasteiger partial charge is 0.310 e. The van der Waals surface area contributed by atoms with Crippen molar-refractivity contribution in [2.24, 2.45) is 0 Å². The number of carbonyl (C=O) groups is 3. The highest BCUT2D eigenvalue weighted by Crippen LogP contribution is 2.24. The highest BCUT2D eigenvalue weighted by Gasteiger charge is 2.35. The molecule has 0 bridgehead atoms. The Labute approximate surface area is 169 Å². The molecule has 7 nitrogen and oxygen atoms in total. The zero-order valence-corrected chi connectivity index (χ0v) is 17.3. The molecule has 1 aliphatic rings. The summed E-state index contributed by atoms with van der Waals surface area (Å²) in [5.74, 6) is -1.05. The first-order valence-electron chi connectivity index (χ1n) is 9.18. The van der Waals surface area contributed by atoms with Gasteiger partial charge in [-0.3, -0.25) is 19.3 Å². The van der Waals surface area contributed by atoms with E-state index >= 15 is 0 Å². The van der Waals surface area contributed by atoms with E-state index in [1.807, 2.05) is 13.8 Å². The lowest BCUT2D eigenvalue weighted by Crippen LogP contribution is -2.40. The maximum absolute atomic E-state index is 12.9. The van der Waals surface area contributed by atoms with E-state index < -0.39 is 21.7 Å². The zero-order valence-electron chi connectivity index (χ0n) is 16.5. The van der Waals surface area contributed by atoms with E-state index in [9.17, 15) is 22.8 Å². The molecular formula is C21H22N2O5S. The number of sulfone groups is 1. The van der Waals surface area contributed by atoms with Crippen molar-refractivity contribution in [3.8, 4) is 0 Å². The summed E-state index contributed by atoms with van der Waals surface area (Å²) >= 11 is 0. The fourth-order valence-corrected chi connectivity index (χ4v) is 3.98. The molecule has 0 fully saturated rings. The SMILES string of the molecule is CC(C)N(C(=O)CCN1C(=O)c2ccccc2C1=O)c1ccc(S(C)(=O)=O)cc1. The Balaban J connectivity index is 1.75. The monoisotopic (exact) mass is 414 g/mol. The minimum absolute atomic E-state index is 0.0180. The van der Waals surface area contributed by atoms with Gasteiger partial charge in [-0.2, -0.15) is 0 Å². The Morgan fingerprint density at radius 2 is 1.48 bits per heavy atom. The number of imide groups is 1. The van der Waals surface area contributed by atoms with Crippen LogP contribution >= 0.6 is 0 Å². The van der Waals surface area contributed by atoms with Crippen LogP contribution in [0.15, 0.2) is 53.4 Å². The molecule has 0 radical (unpaired) electrons. The van der Waals surface area contributed by atoms with E-state index in [0.29, 0.717) is 16.8 Å². The summed E-state index contributed by atoms with van der Waals surface area (Å²) in [7, 11) is -3.33. The summed E-state index contributed by atoms with van der Waals surface area (Å²) in [6.07, 6.45) is 1.09. The van der Waals surface area contributed by atoms with Crippen LogP contribution in [0.2, 0.25) is 0 Å². The van der Waals surface area contributed by atoms with Crippen molar-refractivity contribution in [2.75, 3.05) is 17.7 Å². The van der Waals surface area contributed by atoms with Crippen molar-refractivity contribution in [2.45, 2.75) is 31.2 Å². The van der Waals surface area contributed by atoms with Crippen LogP contribution in [-0.4, -0.2) is 49.9 Å². The summed E-state index contributed by atoms with van der Waals surface area (Å²) < 4.78 is 23.3. The fourth-order valence-electron chi connectivity index (χ4n) is 3.35. The second-order valence-corrected chi connectivity index (χ2v) is 9.20. The summed E-state index contributed by atoms with van der Waals surface area (Å²) in [5.41, 5.74) is 1.25. The lowest BCUT2D eigenvalue weighted by Gasteiger charge is -2.28. The van der Waals surface area contributed by atoms with Crippen LogP contribution in [0, 0.1) is 0 Å². The van der Waals surface area contributed by atoms with Gasteiger partial charge in [0, 0.05) is 31.0 Å². The molecule has 0 aliphatic carbocycles. The van der Waals surface area contributed by atoms with Crippen LogP contribution in [0.4, 0.5) is 5.69 Å². The third kappa shape index (κ3) is 4.07. The standard InChI is InChI=1S/C21H22N2O5S/c1-14(2)23(15-8-10-16(11-9-15)29(3,27)28)19(24)12-13-22-20(25)17-6-4-5-7-18(17)21(22)26/h4-11,14H,12-13H2,1-3H3. The van der Waals surface area contributed by atoms with Crippen LogP contribution in [0.25, 0.3) is 0 Å². The van der Waals surface area contributed by atoms with Crippen molar-refractivity contribution in [1.82, 2.24) is 4.90 Å². The van der Waals surface area contributed by atoms with Gasteiger partial charge >= 0.3 is 0 Å². The molecule has 3 rings (SSSR count). The van der Waals surface area contributed by atoms with Crippen LogP contribution in [0.3, 0.4) is 0 Å². The number of hydrogen-bond donors (Lipinski definition) is 0. The zero-order chi connectivity index (χ0) is 21.3. The lowest BCUT2D eigenvalue weighted by molar-refractivity contribution is -0.119. The Hall–Kier alpha value is -3.00. The third-order valence-electron chi connectivity index (χ3n) is 4.76. The van der Waals surface area contributed by atoms with Gasteiger partial charge in [-0.1, -0.05) is 12.1 Å². The second-order valence-electron chi connectivity index (χ2n) is 7.18. The van der Waals surface area contributed by atoms with E-state index in [1.54, 1.807) is 36.4 Å². The number of carbonyl (C=O) groups excluding carboxylic acids is 3. The molecule has 1 aliphatic heterocycles. The van der Waals surface area contributed by atoms with Crippen LogP contribution in [0.1, 0.15) is 41.0 Å². The van der Waals surface area contributed by atoms with Gasteiger partial charge in [0.1, 0.15) is 0 Å². The molecule has 152 valence electrons. The number of anilines is 1. The number of benzene rings is 2. The molecule has 0 aromatic heterocycles. The molecule has 0 N–H and O–H groups in total. The molecule has 8 heteroatoms. The number of nitrogens with zero attached hydrogens (tertiary/aromatic N) is 2. The average molecular weight is 414 g/mol. The molecule has 3 amide bonds. The Kier molecular flexibility index (Phi) is 5.57. The molecule has 29 heavy (non-hydrogen) atoms. The van der Waals surface area contributed by atoms with E-state index in [2.05, 4.69) is 0 Å². The topological polar surface area (TPSA) is 91.8 Å². The number of rotatable bonds is 6. The Morgan fingerprint density at radius 3 is 1.93 bits per heavy atom. The van der Waals surface area contributed by atoms with Gasteiger partial charge in [-0.15, -0.1) is 0 Å². The van der Waals surface area contributed by atoms with Gasteiger partial charge in [-0.25, -0.2) is 8.42 Å². The normalized spacial score (nSPS) is 13.7. The quantitative estimate of drug-likeness (QED) is 0.678. The van der Waals surface area contributed by atoms with Gasteiger partial charge in [0.05, 0.1) is 16.0 Å². The van der Waals surface area contributed by atoms with E-state index in [0.717, 1.165) is 11.2 Å². The predicted octanol–water partition coefficient (Wildman–Crippen LogP) is 2.52. The van der Waals surface area contributed by atoms with Gasteiger partial charge in [0.25, 0.3) is 11.8 Å². The first-order valence-corrected chi connectivity index (χ1v) is 11.1. The summed E-state index contributed by atoms with van der Waals surface area (Å²) in [6, 6.07) is 12.5. The van der Waals surface area contributed by atoms with Gasteiger partial charge in [0.15, 0.2) is 9.84 Å². The summed E-state index contributed by atoms with van der Waals surface area (Å²) in [6.45, 7) is 3.66. The van der Waals surface area contributed by atoms with Crippen molar-refractivity contribution >= 4 is 33.2 Å². The molecular weight excluding hydrogens is 392 g/mol. The fraction of sp³-hybridized carbons (Fsp3) is 0.286. The second kappa shape index (κ2) is 7.79. The Morgan fingerprint density at radius 1 is 0.966 bits per heavy atom. The van der Waals surface area contributed by atoms with Crippen molar-refractivity contribution in [1.29, 1.82) is 0 Å². The molecule has 0 spiro atoms. The minimum Gasteiger partial charge on any atom is -0.310 e. The minimum atomic E-state index is -3.33. The lowest BCUT2D eigenvalue weighted by atomic mass is 10.1. The van der Waals surface area contributed by atoms with E-state index in [1.165, 1.54) is 17.0 Å². The number of amides is 3. The highest BCUT2D eigenvalue weighted by molar-refractivity contribution is 7.90. The van der Waals surface area contributed by atoms with Crippen LogP contribution < -0.4 is 4.90 Å². The van der Waals surface area contributed by atoms with Gasteiger partial charge < -0.3 is 4.90 Å². The Bertz CT molecular complexity index is 1040. The maximum Gasteiger partial charge on any atom is 0.261 e. The van der Waals surface area contributed by atoms with E-state index in [-0.39, 0.29) is 29.8 Å². The summed E-state index contributed by atoms with van der Waals surface area (Å²) in [5, 5.41) is 0. The maximum atomic E-state index is 12.9. The van der Waals surface area contributed by atoms with Crippen molar-refractivity contribution < 1.29 is 22.8 Å². The van der Waals surface area contributed by atoms with E-state index in [4.69, 9.17) is 0 Å². The molecule has 1 heterocycles. The molecule has 0 saturated carbocycles. The van der Waals surface area contributed by atoms with Gasteiger partial charge in [-0.05, 0) is 50.2 Å². The van der Waals surface area contributed by atoms with Crippen LogP contribution in [-0.2, 0) is 14.6 Å². The molecule has 0 saturated heterocycles. The molecule has 0 atom stereocenters. The molecule has 2 aromatic rings. The number of fused-ring (bicyclic) bond motifs is 1. The first kappa shape index (κ1) is 20.7. The van der Waals surface area contributed by atoms with Crippen molar-refractivity contribution in [3.63, 3.8) is 0 Å². The summed E-state index contributed by atoms with van der Waals surface area (Å²) in [4.78, 5) is 40.6. The van der Waals surface area contributed by atoms with Crippen LogP contribution in [0.5, 0.6) is 0 Å². The molecule has 2 aromatic carbocycles. The van der Waals surface area contributed by atoms with Gasteiger partial charge in [0.2, 0.25) is 5.91 Å². The smallest absolute Gasteiger partial charge is 0.261 e. The van der Waals surface area contributed by atoms with Crippen molar-refractivity contribution in [3.05, 3.63) is 59.7 Å². The first-order chi connectivity index (χ1) is 13.6. The third-order valence-corrected chi connectivity index (χ3v) is 5.88. The highest BCUT2D eigenvalue weighted by atomic mass is 32.2.